The summed E-state index contributed by atoms with van der Waals surface area (Å²) in [6.45, 7) is 5.07. The Kier molecular flexibility index (Phi) is 32.0. The minimum Gasteiger partial charge on any atom is -0.462 e. The Morgan fingerprint density at radius 3 is 1.91 bits per heavy atom. The highest BCUT2D eigenvalue weighted by atomic mass is 31.2. The molecule has 10 heteroatoms. The number of phosphoric ester groups is 1. The number of allylic oxidation sites excluding steroid dienone is 9. The van der Waals surface area contributed by atoms with Crippen LogP contribution in [0.25, 0.3) is 0 Å². The van der Waals surface area contributed by atoms with Gasteiger partial charge in [-0.3, -0.25) is 18.6 Å². The van der Waals surface area contributed by atoms with Gasteiger partial charge in [0, 0.05) is 19.4 Å². The zero-order valence-electron chi connectivity index (χ0n) is 29.1. The molecule has 0 aliphatic carbocycles. The normalized spacial score (nSPS) is 13.9. The third-order valence-corrected chi connectivity index (χ3v) is 7.98. The van der Waals surface area contributed by atoms with Crippen LogP contribution in [0, 0.1) is 0 Å². The summed E-state index contributed by atoms with van der Waals surface area (Å²) in [6.07, 6.45) is 35.8. The van der Waals surface area contributed by atoms with Crippen molar-refractivity contribution in [1.82, 2.24) is 0 Å². The highest BCUT2D eigenvalue weighted by Crippen LogP contribution is 2.43. The van der Waals surface area contributed by atoms with Crippen LogP contribution in [0.3, 0.4) is 0 Å². The quantitative estimate of drug-likeness (QED) is 0.0301. The predicted molar refractivity (Wildman–Crippen MR) is 192 cm³/mol. The number of carbonyl (C=O) groups excluding carboxylic acids is 2. The van der Waals surface area contributed by atoms with Gasteiger partial charge >= 0.3 is 19.8 Å². The molecule has 0 aromatic carbocycles. The minimum atomic E-state index is -4.38. The summed E-state index contributed by atoms with van der Waals surface area (Å²) in [6, 6.07) is 0. The molecule has 3 N–H and O–H groups in total. The first-order valence-corrected chi connectivity index (χ1v) is 19.2. The number of hydrogen-bond donors (Lipinski definition) is 2. The number of phosphoric acid groups is 1. The molecule has 0 rings (SSSR count). The van der Waals surface area contributed by atoms with Crippen LogP contribution in [0.2, 0.25) is 0 Å². The third-order valence-electron chi connectivity index (χ3n) is 7.00. The van der Waals surface area contributed by atoms with Crippen LogP contribution in [-0.4, -0.2) is 49.3 Å². The van der Waals surface area contributed by atoms with Gasteiger partial charge in [-0.1, -0.05) is 100 Å². The number of esters is 2. The van der Waals surface area contributed by atoms with E-state index in [9.17, 15) is 19.0 Å². The largest absolute Gasteiger partial charge is 0.472 e. The zero-order valence-corrected chi connectivity index (χ0v) is 30.0. The summed E-state index contributed by atoms with van der Waals surface area (Å²) in [5, 5.41) is 0. The fourth-order valence-electron chi connectivity index (χ4n) is 4.34. The zero-order chi connectivity index (χ0) is 34.7. The van der Waals surface area contributed by atoms with Crippen LogP contribution >= 0.6 is 7.82 Å². The Bertz CT molecular complexity index is 947. The van der Waals surface area contributed by atoms with Crippen LogP contribution in [0.4, 0.5) is 0 Å². The van der Waals surface area contributed by atoms with Gasteiger partial charge in [-0.2, -0.15) is 0 Å². The molecule has 0 radical (unpaired) electrons. The molecule has 0 saturated heterocycles. The first-order valence-electron chi connectivity index (χ1n) is 17.7. The molecule has 0 amide bonds. The van der Waals surface area contributed by atoms with Crippen LogP contribution in [0.1, 0.15) is 129 Å². The second-order valence-electron chi connectivity index (χ2n) is 11.5. The predicted octanol–water partition coefficient (Wildman–Crippen LogP) is 9.38. The van der Waals surface area contributed by atoms with Gasteiger partial charge < -0.3 is 20.1 Å². The first-order chi connectivity index (χ1) is 22.8. The van der Waals surface area contributed by atoms with E-state index in [1.165, 1.54) is 25.7 Å². The summed E-state index contributed by atoms with van der Waals surface area (Å²) in [5.74, 6) is -0.917. The van der Waals surface area contributed by atoms with Crippen molar-refractivity contribution in [3.05, 3.63) is 61.3 Å². The minimum absolute atomic E-state index is 0.0416. The van der Waals surface area contributed by atoms with E-state index >= 15 is 0 Å². The van der Waals surface area contributed by atoms with Gasteiger partial charge in [0.05, 0.1) is 13.2 Å². The SMILES string of the molecule is C=CCC/C=C/C/C=C\C/C=C/CCCC(=O)OC[C@H](COP(=O)(O)OCCN)OC(=O)CCCCCCC/C=C\CCCCCC. The summed E-state index contributed by atoms with van der Waals surface area (Å²) >= 11 is 0. The molecule has 0 fully saturated rings. The van der Waals surface area contributed by atoms with E-state index in [2.05, 4.69) is 56.0 Å². The molecule has 0 spiro atoms. The molecule has 0 saturated carbocycles. The van der Waals surface area contributed by atoms with Gasteiger partial charge in [-0.05, 0) is 70.6 Å². The lowest BCUT2D eigenvalue weighted by molar-refractivity contribution is -0.161. The molecule has 2 atom stereocenters. The number of unbranched alkanes of at least 4 members (excludes halogenated alkanes) is 11. The van der Waals surface area contributed by atoms with Crippen LogP contribution in [-0.2, 0) is 32.7 Å². The third kappa shape index (κ3) is 33.4. The maximum atomic E-state index is 12.5. The van der Waals surface area contributed by atoms with Crippen molar-refractivity contribution in [1.29, 1.82) is 0 Å². The lowest BCUT2D eigenvalue weighted by Crippen LogP contribution is -2.29. The maximum absolute atomic E-state index is 12.5. The van der Waals surface area contributed by atoms with Crippen molar-refractivity contribution in [2.45, 2.75) is 135 Å². The monoisotopic (exact) mass is 681 g/mol. The summed E-state index contributed by atoms with van der Waals surface area (Å²) in [5.41, 5.74) is 5.32. The van der Waals surface area contributed by atoms with Crippen molar-refractivity contribution in [3.63, 3.8) is 0 Å². The average Bonchev–Trinajstić information content (AvgIpc) is 3.05. The number of carbonyl (C=O) groups is 2. The average molecular weight is 682 g/mol. The van der Waals surface area contributed by atoms with E-state index in [-0.39, 0.29) is 32.6 Å². The molecule has 9 nitrogen and oxygen atoms in total. The fraction of sp³-hybridized carbons (Fsp3) is 0.676. The standard InChI is InChI=1S/C37H64NO8P/c1-3-5-7-9-11-13-15-17-19-21-23-25-27-29-36(39)43-33-35(34-45-47(41,42)44-32-31-38)46-37(40)30-28-26-24-22-20-18-16-14-12-10-8-6-4-2/h3,9,11,14-17,21,23,35H,1,4-8,10,12-13,18-20,22,24-34,38H2,2H3,(H,41,42)/b11-9+,16-14-,17-15-,23-21+/t35-/m1/s1. The first kappa shape index (κ1) is 44.7. The molecule has 0 aromatic rings. The number of rotatable bonds is 33. The molecular weight excluding hydrogens is 617 g/mol. The van der Waals surface area contributed by atoms with E-state index in [0.717, 1.165) is 70.6 Å². The molecule has 0 heterocycles. The molecule has 1 unspecified atom stereocenters. The molecule has 0 aliphatic rings. The van der Waals surface area contributed by atoms with Gasteiger partial charge in [0.2, 0.25) is 0 Å². The number of nitrogens with two attached hydrogens (primary N) is 1. The molecular formula is C37H64NO8P. The van der Waals surface area contributed by atoms with Crippen molar-refractivity contribution in [2.75, 3.05) is 26.4 Å². The van der Waals surface area contributed by atoms with E-state index in [0.29, 0.717) is 12.8 Å². The fourth-order valence-corrected chi connectivity index (χ4v) is 5.11. The summed E-state index contributed by atoms with van der Waals surface area (Å²) in [7, 11) is -4.38. The van der Waals surface area contributed by atoms with E-state index in [4.69, 9.17) is 24.3 Å². The van der Waals surface area contributed by atoms with Gasteiger partial charge in [0.15, 0.2) is 6.10 Å². The van der Waals surface area contributed by atoms with Crippen molar-refractivity contribution in [3.8, 4) is 0 Å². The van der Waals surface area contributed by atoms with Crippen LogP contribution in [0.5, 0.6) is 0 Å². The highest BCUT2D eigenvalue weighted by molar-refractivity contribution is 7.47. The van der Waals surface area contributed by atoms with Gasteiger partial charge in [-0.15, -0.1) is 6.58 Å². The Morgan fingerprint density at radius 1 is 0.702 bits per heavy atom. The topological polar surface area (TPSA) is 134 Å². The molecule has 0 aromatic heterocycles. The lowest BCUT2D eigenvalue weighted by atomic mass is 10.1. The smallest absolute Gasteiger partial charge is 0.462 e. The summed E-state index contributed by atoms with van der Waals surface area (Å²) in [4.78, 5) is 34.6. The Balaban J connectivity index is 4.37. The second kappa shape index (κ2) is 33.6. The van der Waals surface area contributed by atoms with Crippen LogP contribution < -0.4 is 5.73 Å². The summed E-state index contributed by atoms with van der Waals surface area (Å²) < 4.78 is 32.5. The Labute approximate surface area is 285 Å². The maximum Gasteiger partial charge on any atom is 0.472 e. The lowest BCUT2D eigenvalue weighted by Gasteiger charge is -2.19. The molecule has 270 valence electrons. The molecule has 0 bridgehead atoms. The Morgan fingerprint density at radius 2 is 1.26 bits per heavy atom. The molecule has 0 aliphatic heterocycles. The van der Waals surface area contributed by atoms with Crippen molar-refractivity contribution in [2.24, 2.45) is 5.73 Å². The van der Waals surface area contributed by atoms with E-state index < -0.39 is 32.5 Å². The van der Waals surface area contributed by atoms with E-state index in [1.807, 2.05) is 12.2 Å². The Hall–Kier alpha value is -2.29. The highest BCUT2D eigenvalue weighted by Gasteiger charge is 2.25. The van der Waals surface area contributed by atoms with Gasteiger partial charge in [0.25, 0.3) is 0 Å². The molecule has 47 heavy (non-hydrogen) atoms. The van der Waals surface area contributed by atoms with Crippen molar-refractivity contribution < 1.29 is 37.6 Å². The number of ether oxygens (including phenoxy) is 2. The second-order valence-corrected chi connectivity index (χ2v) is 12.9. The van der Waals surface area contributed by atoms with Crippen molar-refractivity contribution >= 4 is 19.8 Å². The van der Waals surface area contributed by atoms with Gasteiger partial charge in [0.1, 0.15) is 6.61 Å². The van der Waals surface area contributed by atoms with Crippen LogP contribution in [0.15, 0.2) is 61.3 Å². The number of hydrogen-bond acceptors (Lipinski definition) is 8. The van der Waals surface area contributed by atoms with E-state index in [1.54, 1.807) is 0 Å². The van der Waals surface area contributed by atoms with Gasteiger partial charge in [-0.25, -0.2) is 4.57 Å².